The Bertz CT molecular complexity index is 1800. The molecule has 1 saturated heterocycles. The van der Waals surface area contributed by atoms with Crippen LogP contribution in [0.25, 0.3) is 0 Å². The van der Waals surface area contributed by atoms with Crippen LogP contribution in [0.1, 0.15) is 41.4 Å². The van der Waals surface area contributed by atoms with Crippen LogP contribution in [-0.4, -0.2) is 69.1 Å². The summed E-state index contributed by atoms with van der Waals surface area (Å²) in [6.07, 6.45) is 2.57. The van der Waals surface area contributed by atoms with Crippen molar-refractivity contribution in [2.24, 2.45) is 0 Å². The molecule has 0 radical (unpaired) electrons. The van der Waals surface area contributed by atoms with E-state index in [1.54, 1.807) is 30.3 Å². The third-order valence-electron chi connectivity index (χ3n) is 8.17. The lowest BCUT2D eigenvalue weighted by Crippen LogP contribution is -2.54. The van der Waals surface area contributed by atoms with Crippen molar-refractivity contribution in [3.05, 3.63) is 94.6 Å². The molecule has 0 N–H and O–H groups in total. The molecule has 2 unspecified atom stereocenters. The summed E-state index contributed by atoms with van der Waals surface area (Å²) in [4.78, 5) is 23.6. The number of aromatic nitrogens is 2. The molecule has 230 valence electrons. The number of amides is 1. The summed E-state index contributed by atoms with van der Waals surface area (Å²) in [7, 11) is 2.52. The fourth-order valence-electron chi connectivity index (χ4n) is 6.39. The van der Waals surface area contributed by atoms with E-state index in [2.05, 4.69) is 10.1 Å². The number of methoxy groups -OCH3 is 2. The van der Waals surface area contributed by atoms with E-state index >= 15 is 4.79 Å². The molecule has 1 aromatic heterocycles. The van der Waals surface area contributed by atoms with Gasteiger partial charge >= 0.3 is 0 Å². The first kappa shape index (κ1) is 30.1. The number of hydrogen-bond donors (Lipinski definition) is 0. The van der Waals surface area contributed by atoms with Gasteiger partial charge in [-0.15, -0.1) is 0 Å². The molecule has 0 bridgehead atoms. The summed E-state index contributed by atoms with van der Waals surface area (Å²) >= 11 is 6.63. The number of likely N-dealkylation sites (tertiary alicyclic amines) is 1. The Morgan fingerprint density at radius 2 is 1.82 bits per heavy atom. The van der Waals surface area contributed by atoms with E-state index in [4.69, 9.17) is 25.6 Å². The van der Waals surface area contributed by atoms with Crippen LogP contribution in [-0.2, 0) is 26.9 Å². The van der Waals surface area contributed by atoms with Crippen LogP contribution >= 0.6 is 11.6 Å². The molecule has 2 aliphatic heterocycles. The molecule has 1 fully saturated rings. The zero-order chi connectivity index (χ0) is 31.2. The Balaban J connectivity index is 1.67. The first-order valence-corrected chi connectivity index (χ1v) is 15.8. The van der Waals surface area contributed by atoms with Crippen LogP contribution in [0.4, 0.5) is 5.69 Å². The number of ether oxygens (including phenoxy) is 2. The first-order chi connectivity index (χ1) is 21.1. The number of rotatable bonds is 9. The Morgan fingerprint density at radius 1 is 1.05 bits per heavy atom. The van der Waals surface area contributed by atoms with Crippen LogP contribution in [0, 0.1) is 0 Å². The van der Waals surface area contributed by atoms with E-state index in [1.165, 1.54) is 32.7 Å². The molecule has 0 aliphatic carbocycles. The van der Waals surface area contributed by atoms with Gasteiger partial charge in [0.05, 0.1) is 30.8 Å². The average Bonchev–Trinajstić information content (AvgIpc) is 3.76. The van der Waals surface area contributed by atoms with Gasteiger partial charge in [0.25, 0.3) is 15.9 Å². The van der Waals surface area contributed by atoms with Crippen molar-refractivity contribution in [1.82, 2.24) is 19.9 Å². The van der Waals surface area contributed by atoms with Crippen LogP contribution in [0.5, 0.6) is 11.5 Å². The number of carbonyl (C=O) groups is 1. The molecule has 1 amide bonds. The van der Waals surface area contributed by atoms with Crippen LogP contribution in [0.3, 0.4) is 0 Å². The molecule has 11 nitrogen and oxygen atoms in total. The Hall–Kier alpha value is -3.97. The molecular formula is C31H32ClN5O6S. The number of halogens is 1. The van der Waals surface area contributed by atoms with Gasteiger partial charge in [-0.25, -0.2) is 12.7 Å². The van der Waals surface area contributed by atoms with E-state index < -0.39 is 27.5 Å². The van der Waals surface area contributed by atoms with E-state index in [1.807, 2.05) is 42.1 Å². The second kappa shape index (κ2) is 11.5. The maximum atomic E-state index is 15.4. The first-order valence-electron chi connectivity index (χ1n) is 14.0. The Kier molecular flexibility index (Phi) is 7.87. The van der Waals surface area contributed by atoms with Crippen molar-refractivity contribution in [2.75, 3.05) is 39.2 Å². The SMILES string of the molecule is COc1ccc(S(=O)(=O)N2C(=O)C(c3cc(CN(C)C)ccc3OC)(N3CCCC3c3ncon3)c3cc(Cl)ccc32)cc1. The van der Waals surface area contributed by atoms with E-state index in [9.17, 15) is 8.42 Å². The van der Waals surface area contributed by atoms with Gasteiger partial charge in [-0.3, -0.25) is 9.69 Å². The third-order valence-corrected chi connectivity index (χ3v) is 10.1. The molecule has 3 heterocycles. The predicted octanol–water partition coefficient (Wildman–Crippen LogP) is 4.62. The fraction of sp³-hybridized carbons (Fsp3) is 0.323. The van der Waals surface area contributed by atoms with Gasteiger partial charge in [-0.2, -0.15) is 4.98 Å². The zero-order valence-corrected chi connectivity index (χ0v) is 26.3. The Labute approximate surface area is 261 Å². The normalized spacial score (nSPS) is 20.4. The number of fused-ring (bicyclic) bond motifs is 1. The molecule has 2 aliphatic rings. The summed E-state index contributed by atoms with van der Waals surface area (Å²) in [5.41, 5.74) is 0.357. The minimum absolute atomic E-state index is 0.0622. The molecule has 4 aromatic rings. The molecule has 0 spiro atoms. The van der Waals surface area contributed by atoms with Crippen molar-refractivity contribution in [3.63, 3.8) is 0 Å². The number of hydrogen-bond acceptors (Lipinski definition) is 10. The quantitative estimate of drug-likeness (QED) is 0.257. The van der Waals surface area contributed by atoms with E-state index in [-0.39, 0.29) is 10.6 Å². The number of anilines is 1. The van der Waals surface area contributed by atoms with Gasteiger partial charge in [0, 0.05) is 29.2 Å². The average molecular weight is 638 g/mol. The molecule has 6 rings (SSSR count). The summed E-state index contributed by atoms with van der Waals surface area (Å²) in [5, 5.41) is 4.48. The highest BCUT2D eigenvalue weighted by Gasteiger charge is 2.62. The minimum Gasteiger partial charge on any atom is -0.497 e. The monoisotopic (exact) mass is 637 g/mol. The fourth-order valence-corrected chi connectivity index (χ4v) is 8.03. The van der Waals surface area contributed by atoms with Crippen molar-refractivity contribution in [3.8, 4) is 11.5 Å². The van der Waals surface area contributed by atoms with Gasteiger partial charge in [0.1, 0.15) is 11.5 Å². The molecular weight excluding hydrogens is 606 g/mol. The summed E-state index contributed by atoms with van der Waals surface area (Å²) in [6, 6.07) is 16.0. The second-order valence-corrected chi connectivity index (χ2v) is 13.3. The minimum atomic E-state index is -4.41. The summed E-state index contributed by atoms with van der Waals surface area (Å²) in [5.74, 6) is 0.634. The van der Waals surface area contributed by atoms with E-state index in [0.717, 1.165) is 9.87 Å². The number of sulfonamides is 1. The lowest BCUT2D eigenvalue weighted by Gasteiger charge is -2.41. The van der Waals surface area contributed by atoms with Crippen molar-refractivity contribution in [2.45, 2.75) is 35.9 Å². The predicted molar refractivity (Wildman–Crippen MR) is 163 cm³/mol. The lowest BCUT2D eigenvalue weighted by atomic mass is 9.80. The second-order valence-electron chi connectivity index (χ2n) is 11.0. The molecule has 44 heavy (non-hydrogen) atoms. The lowest BCUT2D eigenvalue weighted by molar-refractivity contribution is -0.127. The highest BCUT2D eigenvalue weighted by Crippen LogP contribution is 2.56. The molecule has 3 aromatic carbocycles. The van der Waals surface area contributed by atoms with Gasteiger partial charge in [-0.05, 0) is 87.1 Å². The largest absolute Gasteiger partial charge is 0.497 e. The standard InChI is InChI=1S/C31H32ClN5O6S/c1-35(2)18-20-7-14-28(42-4)25(16-20)31(36-15-5-6-27(36)29-33-19-43-34-29)24-17-21(32)8-13-26(24)37(30(31)38)44(39,40)23-11-9-22(41-3)10-12-23/h7-14,16-17,19,27H,5-6,15,18H2,1-4H3. The molecule has 0 saturated carbocycles. The maximum Gasteiger partial charge on any atom is 0.271 e. The van der Waals surface area contributed by atoms with Crippen molar-refractivity contribution >= 4 is 33.2 Å². The highest BCUT2D eigenvalue weighted by atomic mass is 35.5. The van der Waals surface area contributed by atoms with Gasteiger partial charge < -0.3 is 18.9 Å². The van der Waals surface area contributed by atoms with Gasteiger partial charge in [0.2, 0.25) is 6.39 Å². The highest BCUT2D eigenvalue weighted by molar-refractivity contribution is 7.93. The number of benzene rings is 3. The smallest absolute Gasteiger partial charge is 0.271 e. The zero-order valence-electron chi connectivity index (χ0n) is 24.7. The summed E-state index contributed by atoms with van der Waals surface area (Å²) in [6.45, 7) is 1.01. The van der Waals surface area contributed by atoms with Crippen LogP contribution in [0.15, 0.2) is 76.5 Å². The maximum absolute atomic E-state index is 15.4. The summed E-state index contributed by atoms with van der Waals surface area (Å²) < 4.78 is 46.0. The van der Waals surface area contributed by atoms with Crippen LogP contribution in [0.2, 0.25) is 5.02 Å². The topological polar surface area (TPSA) is 118 Å². The van der Waals surface area contributed by atoms with Gasteiger partial charge in [-0.1, -0.05) is 22.8 Å². The van der Waals surface area contributed by atoms with Crippen LogP contribution < -0.4 is 13.8 Å². The molecule has 13 heteroatoms. The number of nitrogens with zero attached hydrogens (tertiary/aromatic N) is 5. The van der Waals surface area contributed by atoms with Gasteiger partial charge in [0.15, 0.2) is 11.4 Å². The van der Waals surface area contributed by atoms with Crippen molar-refractivity contribution < 1.29 is 27.2 Å². The third kappa shape index (κ3) is 4.73. The Morgan fingerprint density at radius 3 is 2.48 bits per heavy atom. The van der Waals surface area contributed by atoms with Crippen molar-refractivity contribution in [1.29, 1.82) is 0 Å². The number of carbonyl (C=O) groups excluding carboxylic acids is 1. The van der Waals surface area contributed by atoms with E-state index in [0.29, 0.717) is 59.4 Å². The molecule has 2 atom stereocenters.